The van der Waals surface area contributed by atoms with E-state index >= 15 is 0 Å². The molecule has 0 aliphatic carbocycles. The quantitative estimate of drug-likeness (QED) is 0.164. The number of hydrogen-bond acceptors (Lipinski definition) is 5. The van der Waals surface area contributed by atoms with Crippen LogP contribution in [0.5, 0.6) is 0 Å². The van der Waals surface area contributed by atoms with Gasteiger partial charge >= 0.3 is 0 Å². The van der Waals surface area contributed by atoms with E-state index in [2.05, 4.69) is 203 Å². The van der Waals surface area contributed by atoms with Crippen molar-refractivity contribution in [1.29, 1.82) is 0 Å². The van der Waals surface area contributed by atoms with Gasteiger partial charge in [0.2, 0.25) is 0 Å². The summed E-state index contributed by atoms with van der Waals surface area (Å²) in [5.74, 6) is 0. The number of benzene rings is 8. The summed E-state index contributed by atoms with van der Waals surface area (Å²) >= 11 is 1.85. The van der Waals surface area contributed by atoms with Crippen LogP contribution in [0, 0.1) is 0 Å². The molecule has 3 aromatic heterocycles. The largest absolute Gasteiger partial charge is 0.455 e. The molecular formula is C51H36N4OS. The van der Waals surface area contributed by atoms with Crippen molar-refractivity contribution in [1.82, 2.24) is 20.5 Å². The molecule has 11 aromatic rings. The Morgan fingerprint density at radius 3 is 1.81 bits per heavy atom. The zero-order valence-corrected chi connectivity index (χ0v) is 31.6. The molecule has 5 nitrogen and oxygen atoms in total. The van der Waals surface area contributed by atoms with Gasteiger partial charge in [-0.3, -0.25) is 16.0 Å². The minimum absolute atomic E-state index is 0.0421. The van der Waals surface area contributed by atoms with Crippen molar-refractivity contribution in [3.63, 3.8) is 0 Å². The van der Waals surface area contributed by atoms with Crippen LogP contribution in [-0.4, -0.2) is 4.57 Å². The van der Waals surface area contributed by atoms with Crippen LogP contribution in [-0.2, 0) is 0 Å². The van der Waals surface area contributed by atoms with E-state index < -0.39 is 0 Å². The van der Waals surface area contributed by atoms with E-state index in [1.807, 2.05) is 11.3 Å². The Hall–Kier alpha value is -6.54. The molecule has 4 heterocycles. The molecule has 1 aliphatic heterocycles. The minimum atomic E-state index is -0.102. The molecule has 1 fully saturated rings. The lowest BCUT2D eigenvalue weighted by Gasteiger charge is -2.40. The van der Waals surface area contributed by atoms with Crippen LogP contribution in [0.3, 0.4) is 0 Å². The lowest BCUT2D eigenvalue weighted by Crippen LogP contribution is -2.54. The maximum Gasteiger partial charge on any atom is 0.143 e. The topological polar surface area (TPSA) is 54.2 Å². The number of hydrogen-bond donors (Lipinski definition) is 3. The van der Waals surface area contributed by atoms with Crippen LogP contribution in [0.4, 0.5) is 0 Å². The number of nitrogens with zero attached hydrogens (tertiary/aromatic N) is 1. The Balaban J connectivity index is 0.982. The van der Waals surface area contributed by atoms with E-state index in [0.29, 0.717) is 0 Å². The van der Waals surface area contributed by atoms with E-state index in [4.69, 9.17) is 4.42 Å². The molecular weight excluding hydrogens is 717 g/mol. The van der Waals surface area contributed by atoms with E-state index in [-0.39, 0.29) is 18.5 Å². The SMILES string of the molecule is c1ccc(C2NC(c3ccccc3)NC(c3cccc4sc5ccc(-c6cccc7c6oc6ccc(-n8c9ccccc9c9ccccc98)cc67)cc5c34)N2)cc1. The second-order valence-corrected chi connectivity index (χ2v) is 16.1. The molecule has 0 spiro atoms. The molecule has 1 saturated heterocycles. The highest BCUT2D eigenvalue weighted by Crippen LogP contribution is 2.43. The average molecular weight is 753 g/mol. The summed E-state index contributed by atoms with van der Waals surface area (Å²) in [6.45, 7) is 0. The average Bonchev–Trinajstić information content (AvgIpc) is 3.96. The summed E-state index contributed by atoms with van der Waals surface area (Å²) < 4.78 is 11.7. The fourth-order valence-corrected chi connectivity index (χ4v) is 10.2. The zero-order chi connectivity index (χ0) is 37.5. The van der Waals surface area contributed by atoms with Gasteiger partial charge in [0.15, 0.2) is 0 Å². The first kappa shape index (κ1) is 32.7. The molecule has 3 N–H and O–H groups in total. The first-order chi connectivity index (χ1) is 28.2. The summed E-state index contributed by atoms with van der Waals surface area (Å²) in [6.07, 6.45) is -0.187. The van der Waals surface area contributed by atoms with Gasteiger partial charge < -0.3 is 8.98 Å². The summed E-state index contributed by atoms with van der Waals surface area (Å²) in [4.78, 5) is 0. The Kier molecular flexibility index (Phi) is 7.46. The molecule has 12 rings (SSSR count). The maximum atomic E-state index is 6.76. The lowest BCUT2D eigenvalue weighted by atomic mass is 9.97. The third-order valence-corrected chi connectivity index (χ3v) is 12.9. The Morgan fingerprint density at radius 2 is 1.09 bits per heavy atom. The number of aromatic nitrogens is 1. The van der Waals surface area contributed by atoms with Crippen LogP contribution in [0.1, 0.15) is 35.2 Å². The van der Waals surface area contributed by atoms with Gasteiger partial charge in [0.1, 0.15) is 11.2 Å². The van der Waals surface area contributed by atoms with E-state index in [9.17, 15) is 0 Å². The van der Waals surface area contributed by atoms with Gasteiger partial charge in [-0.25, -0.2) is 0 Å². The predicted octanol–water partition coefficient (Wildman–Crippen LogP) is 12.9. The normalized spacial score (nSPS) is 17.4. The summed E-state index contributed by atoms with van der Waals surface area (Å²) in [5, 5.41) is 18.9. The molecule has 0 bridgehead atoms. The van der Waals surface area contributed by atoms with Crippen molar-refractivity contribution >= 4 is 75.3 Å². The molecule has 6 heteroatoms. The first-order valence-corrected chi connectivity index (χ1v) is 20.3. The van der Waals surface area contributed by atoms with E-state index in [0.717, 1.165) is 38.8 Å². The van der Waals surface area contributed by atoms with Gasteiger partial charge in [-0.15, -0.1) is 11.3 Å². The number of furan rings is 1. The van der Waals surface area contributed by atoms with Crippen LogP contribution in [0.15, 0.2) is 186 Å². The highest BCUT2D eigenvalue weighted by atomic mass is 32.1. The van der Waals surface area contributed by atoms with Crippen molar-refractivity contribution in [2.24, 2.45) is 0 Å². The highest BCUT2D eigenvalue weighted by Gasteiger charge is 2.31. The number of rotatable bonds is 5. The highest BCUT2D eigenvalue weighted by molar-refractivity contribution is 7.25. The molecule has 8 aromatic carbocycles. The maximum absolute atomic E-state index is 6.76. The predicted molar refractivity (Wildman–Crippen MR) is 237 cm³/mol. The van der Waals surface area contributed by atoms with Crippen molar-refractivity contribution in [2.75, 3.05) is 0 Å². The molecule has 2 unspecified atom stereocenters. The zero-order valence-electron chi connectivity index (χ0n) is 30.8. The monoisotopic (exact) mass is 752 g/mol. The van der Waals surface area contributed by atoms with Crippen molar-refractivity contribution in [2.45, 2.75) is 18.5 Å². The third-order valence-electron chi connectivity index (χ3n) is 11.7. The Morgan fingerprint density at radius 1 is 0.456 bits per heavy atom. The number of nitrogens with one attached hydrogen (secondary N) is 3. The van der Waals surface area contributed by atoms with Crippen LogP contribution < -0.4 is 16.0 Å². The smallest absolute Gasteiger partial charge is 0.143 e. The van der Waals surface area contributed by atoms with E-state index in [1.54, 1.807) is 0 Å². The Bertz CT molecular complexity index is 3210. The van der Waals surface area contributed by atoms with Gasteiger partial charge in [-0.1, -0.05) is 133 Å². The number of fused-ring (bicyclic) bond motifs is 9. The molecule has 272 valence electrons. The minimum Gasteiger partial charge on any atom is -0.455 e. The van der Waals surface area contributed by atoms with Gasteiger partial charge in [-0.2, -0.15) is 0 Å². The second-order valence-electron chi connectivity index (χ2n) is 15.0. The summed E-state index contributed by atoms with van der Waals surface area (Å²) in [6, 6.07) is 65.4. The fourth-order valence-electron chi connectivity index (χ4n) is 9.12. The summed E-state index contributed by atoms with van der Waals surface area (Å²) in [5.41, 5.74) is 11.2. The standard InChI is InChI=1S/C51H36N4OS/c1-3-13-31(14-4-1)49-52-50(32-15-5-2-6-16-32)54-51(53-49)39-21-12-24-46-47(39)41-29-33(25-28-45(41)57-46)35-19-11-20-38-40-30-34(26-27-44(40)56-48(35)38)55-42-22-9-7-17-36(42)37-18-8-10-23-43(37)55/h1-30,49-54H. The van der Waals surface area contributed by atoms with Gasteiger partial charge in [0, 0.05) is 53.0 Å². The number of thiophene rings is 1. The van der Waals surface area contributed by atoms with Gasteiger partial charge in [-0.05, 0) is 70.8 Å². The summed E-state index contributed by atoms with van der Waals surface area (Å²) in [7, 11) is 0. The fraction of sp³-hybridized carbons (Fsp3) is 0.0588. The molecule has 0 radical (unpaired) electrons. The van der Waals surface area contributed by atoms with Crippen LogP contribution in [0.2, 0.25) is 0 Å². The second kappa shape index (κ2) is 13.0. The third kappa shape index (κ3) is 5.27. The van der Waals surface area contributed by atoms with Crippen molar-refractivity contribution < 1.29 is 4.42 Å². The number of para-hydroxylation sites is 3. The first-order valence-electron chi connectivity index (χ1n) is 19.5. The van der Waals surface area contributed by atoms with Gasteiger partial charge in [0.05, 0.1) is 29.5 Å². The molecule has 1 aliphatic rings. The molecule has 0 amide bonds. The van der Waals surface area contributed by atoms with Crippen molar-refractivity contribution in [3.05, 3.63) is 199 Å². The molecule has 0 saturated carbocycles. The van der Waals surface area contributed by atoms with Crippen LogP contribution in [0.25, 0.3) is 80.7 Å². The molecule has 2 atom stereocenters. The van der Waals surface area contributed by atoms with Crippen LogP contribution >= 0.6 is 11.3 Å². The lowest BCUT2D eigenvalue weighted by molar-refractivity contribution is 0.204. The van der Waals surface area contributed by atoms with Gasteiger partial charge in [0.25, 0.3) is 0 Å². The molecule has 57 heavy (non-hydrogen) atoms. The van der Waals surface area contributed by atoms with E-state index in [1.165, 1.54) is 58.7 Å². The van der Waals surface area contributed by atoms with Crippen molar-refractivity contribution in [3.8, 4) is 16.8 Å². The Labute approximate surface area is 332 Å².